The SMILES string of the molecule is CN(Cc1cnn(C)c1)C(=O)c1ccc(O)c(O)c1. The number of nitrogens with zero attached hydrogens (tertiary/aromatic N) is 3. The monoisotopic (exact) mass is 261 g/mol. The van der Waals surface area contributed by atoms with E-state index in [9.17, 15) is 15.0 Å². The molecule has 0 radical (unpaired) electrons. The van der Waals surface area contributed by atoms with E-state index in [1.807, 2.05) is 13.2 Å². The quantitative estimate of drug-likeness (QED) is 0.811. The van der Waals surface area contributed by atoms with E-state index < -0.39 is 0 Å². The maximum atomic E-state index is 12.1. The first-order valence-electron chi connectivity index (χ1n) is 5.72. The third kappa shape index (κ3) is 2.85. The van der Waals surface area contributed by atoms with E-state index in [-0.39, 0.29) is 17.4 Å². The van der Waals surface area contributed by atoms with Crippen molar-refractivity contribution in [2.75, 3.05) is 7.05 Å². The number of phenols is 2. The molecule has 0 aliphatic rings. The molecule has 0 atom stereocenters. The first-order valence-corrected chi connectivity index (χ1v) is 5.72. The Morgan fingerprint density at radius 2 is 2.11 bits per heavy atom. The van der Waals surface area contributed by atoms with Gasteiger partial charge in [0.05, 0.1) is 6.20 Å². The minimum absolute atomic E-state index is 0.237. The van der Waals surface area contributed by atoms with Gasteiger partial charge in [0.2, 0.25) is 0 Å². The third-order valence-electron chi connectivity index (χ3n) is 2.75. The Bertz CT molecular complexity index is 607. The van der Waals surface area contributed by atoms with Gasteiger partial charge in [-0.2, -0.15) is 5.10 Å². The Kier molecular flexibility index (Phi) is 3.41. The largest absolute Gasteiger partial charge is 0.504 e. The summed E-state index contributed by atoms with van der Waals surface area (Å²) >= 11 is 0. The second kappa shape index (κ2) is 5.01. The number of aryl methyl sites for hydroxylation is 1. The number of hydrogen-bond acceptors (Lipinski definition) is 4. The molecule has 1 aromatic heterocycles. The second-order valence-electron chi connectivity index (χ2n) is 4.39. The van der Waals surface area contributed by atoms with Crippen molar-refractivity contribution < 1.29 is 15.0 Å². The van der Waals surface area contributed by atoms with Crippen molar-refractivity contribution in [3.63, 3.8) is 0 Å². The molecule has 0 saturated carbocycles. The molecule has 100 valence electrons. The lowest BCUT2D eigenvalue weighted by molar-refractivity contribution is 0.0784. The lowest BCUT2D eigenvalue weighted by Crippen LogP contribution is -2.25. The highest BCUT2D eigenvalue weighted by Gasteiger charge is 2.14. The van der Waals surface area contributed by atoms with Crippen LogP contribution in [0.1, 0.15) is 15.9 Å². The number of carbonyl (C=O) groups is 1. The fraction of sp³-hybridized carbons (Fsp3) is 0.231. The maximum absolute atomic E-state index is 12.1. The highest BCUT2D eigenvalue weighted by Crippen LogP contribution is 2.25. The summed E-state index contributed by atoms with van der Waals surface area (Å²) in [5.74, 6) is -0.786. The maximum Gasteiger partial charge on any atom is 0.254 e. The van der Waals surface area contributed by atoms with E-state index >= 15 is 0 Å². The summed E-state index contributed by atoms with van der Waals surface area (Å²) in [5.41, 5.74) is 1.24. The summed E-state index contributed by atoms with van der Waals surface area (Å²) in [6.07, 6.45) is 3.52. The van der Waals surface area contributed by atoms with Crippen molar-refractivity contribution in [3.8, 4) is 11.5 Å². The molecule has 2 aromatic rings. The molecule has 6 heteroatoms. The molecule has 1 aromatic carbocycles. The molecule has 0 unspecified atom stereocenters. The average Bonchev–Trinajstić information content (AvgIpc) is 2.77. The Balaban J connectivity index is 2.12. The molecule has 0 aliphatic carbocycles. The van der Waals surface area contributed by atoms with Crippen LogP contribution in [0.15, 0.2) is 30.6 Å². The summed E-state index contributed by atoms with van der Waals surface area (Å²) in [6.45, 7) is 0.425. The molecule has 0 bridgehead atoms. The summed E-state index contributed by atoms with van der Waals surface area (Å²) in [4.78, 5) is 13.6. The molecular formula is C13H15N3O3. The van der Waals surface area contributed by atoms with Crippen LogP contribution in [0.25, 0.3) is 0 Å². The molecule has 0 aliphatic heterocycles. The van der Waals surface area contributed by atoms with Crippen LogP contribution < -0.4 is 0 Å². The van der Waals surface area contributed by atoms with Crippen molar-refractivity contribution in [3.05, 3.63) is 41.7 Å². The van der Waals surface area contributed by atoms with Crippen molar-refractivity contribution in [2.24, 2.45) is 7.05 Å². The zero-order chi connectivity index (χ0) is 14.0. The van der Waals surface area contributed by atoms with Crippen LogP contribution in [0.5, 0.6) is 11.5 Å². The first-order chi connectivity index (χ1) is 8.97. The van der Waals surface area contributed by atoms with Gasteiger partial charge in [0.1, 0.15) is 0 Å². The Morgan fingerprint density at radius 3 is 2.68 bits per heavy atom. The van der Waals surface area contributed by atoms with Crippen molar-refractivity contribution in [1.82, 2.24) is 14.7 Å². The zero-order valence-corrected chi connectivity index (χ0v) is 10.7. The summed E-state index contributed by atoms with van der Waals surface area (Å²) < 4.78 is 1.67. The van der Waals surface area contributed by atoms with Gasteiger partial charge in [0, 0.05) is 38.0 Å². The van der Waals surface area contributed by atoms with Gasteiger partial charge in [-0.15, -0.1) is 0 Å². The standard InChI is InChI=1S/C13H15N3O3/c1-15(7-9-6-14-16(2)8-9)13(19)10-3-4-11(17)12(18)5-10/h3-6,8,17-18H,7H2,1-2H3. The van der Waals surface area contributed by atoms with E-state index in [4.69, 9.17) is 0 Å². The molecule has 0 saturated heterocycles. The molecule has 1 heterocycles. The van der Waals surface area contributed by atoms with Gasteiger partial charge in [-0.1, -0.05) is 0 Å². The predicted molar refractivity (Wildman–Crippen MR) is 68.8 cm³/mol. The smallest absolute Gasteiger partial charge is 0.254 e. The Hall–Kier alpha value is -2.50. The van der Waals surface area contributed by atoms with E-state index in [0.29, 0.717) is 12.1 Å². The van der Waals surface area contributed by atoms with E-state index in [0.717, 1.165) is 5.56 Å². The molecule has 2 N–H and O–H groups in total. The lowest BCUT2D eigenvalue weighted by Gasteiger charge is -2.16. The number of rotatable bonds is 3. The lowest BCUT2D eigenvalue weighted by atomic mass is 10.1. The minimum Gasteiger partial charge on any atom is -0.504 e. The fourth-order valence-corrected chi connectivity index (χ4v) is 1.78. The summed E-state index contributed by atoms with van der Waals surface area (Å²) in [5, 5.41) is 22.6. The van der Waals surface area contributed by atoms with Crippen LogP contribution in [0.4, 0.5) is 0 Å². The molecule has 19 heavy (non-hydrogen) atoms. The van der Waals surface area contributed by atoms with Crippen LogP contribution in [0.3, 0.4) is 0 Å². The molecule has 2 rings (SSSR count). The number of aromatic nitrogens is 2. The van der Waals surface area contributed by atoms with Crippen LogP contribution in [0.2, 0.25) is 0 Å². The van der Waals surface area contributed by atoms with Gasteiger partial charge in [-0.25, -0.2) is 0 Å². The molecular weight excluding hydrogens is 246 g/mol. The zero-order valence-electron chi connectivity index (χ0n) is 10.7. The average molecular weight is 261 g/mol. The number of benzene rings is 1. The Labute approximate surface area is 110 Å². The van der Waals surface area contributed by atoms with Gasteiger partial charge in [0.25, 0.3) is 5.91 Å². The fourth-order valence-electron chi connectivity index (χ4n) is 1.78. The van der Waals surface area contributed by atoms with E-state index in [1.165, 1.54) is 23.1 Å². The number of amides is 1. The van der Waals surface area contributed by atoms with Crippen LogP contribution in [-0.4, -0.2) is 37.8 Å². The third-order valence-corrected chi connectivity index (χ3v) is 2.75. The van der Waals surface area contributed by atoms with Crippen LogP contribution >= 0.6 is 0 Å². The van der Waals surface area contributed by atoms with Gasteiger partial charge in [-0.05, 0) is 18.2 Å². The van der Waals surface area contributed by atoms with Gasteiger partial charge in [0.15, 0.2) is 11.5 Å². The van der Waals surface area contributed by atoms with Crippen LogP contribution in [0, 0.1) is 0 Å². The summed E-state index contributed by atoms with van der Waals surface area (Å²) in [6, 6.07) is 4.01. The van der Waals surface area contributed by atoms with Gasteiger partial charge >= 0.3 is 0 Å². The normalized spacial score (nSPS) is 10.4. The molecule has 6 nitrogen and oxygen atoms in total. The first kappa shape index (κ1) is 12.9. The molecule has 1 amide bonds. The highest BCUT2D eigenvalue weighted by atomic mass is 16.3. The van der Waals surface area contributed by atoms with Crippen molar-refractivity contribution >= 4 is 5.91 Å². The molecule has 0 fully saturated rings. The van der Waals surface area contributed by atoms with E-state index in [2.05, 4.69) is 5.10 Å². The van der Waals surface area contributed by atoms with Gasteiger partial charge < -0.3 is 15.1 Å². The van der Waals surface area contributed by atoms with E-state index in [1.54, 1.807) is 17.9 Å². The topological polar surface area (TPSA) is 78.6 Å². The number of aromatic hydroxyl groups is 2. The number of hydrogen-bond donors (Lipinski definition) is 2. The van der Waals surface area contributed by atoms with Crippen LogP contribution in [-0.2, 0) is 13.6 Å². The number of phenolic OH excluding ortho intramolecular Hbond substituents is 2. The predicted octanol–water partition coefficient (Wildman–Crippen LogP) is 1.10. The van der Waals surface area contributed by atoms with Crippen molar-refractivity contribution in [2.45, 2.75) is 6.54 Å². The second-order valence-corrected chi connectivity index (χ2v) is 4.39. The van der Waals surface area contributed by atoms with Crippen molar-refractivity contribution in [1.29, 1.82) is 0 Å². The molecule has 0 spiro atoms. The number of carbonyl (C=O) groups excluding carboxylic acids is 1. The highest BCUT2D eigenvalue weighted by molar-refractivity contribution is 5.94. The van der Waals surface area contributed by atoms with Gasteiger partial charge in [-0.3, -0.25) is 9.48 Å². The minimum atomic E-state index is -0.305. The summed E-state index contributed by atoms with van der Waals surface area (Å²) in [7, 11) is 3.47. The Morgan fingerprint density at radius 1 is 1.37 bits per heavy atom.